The first kappa shape index (κ1) is 27.9. The lowest BCUT2D eigenvalue weighted by molar-refractivity contribution is -0.424. The van der Waals surface area contributed by atoms with Gasteiger partial charge in [0.25, 0.3) is 17.4 Å². The highest BCUT2D eigenvalue weighted by molar-refractivity contribution is 6.06. The van der Waals surface area contributed by atoms with Gasteiger partial charge in [0, 0.05) is 43.4 Å². The fourth-order valence-electron chi connectivity index (χ4n) is 5.23. The number of pyridine rings is 1. The van der Waals surface area contributed by atoms with Crippen LogP contribution in [0.3, 0.4) is 0 Å². The zero-order valence-corrected chi connectivity index (χ0v) is 23.4. The number of methoxy groups -OCH3 is 1. The molecule has 0 unspecified atom stereocenters. The number of likely N-dealkylation sites (N-methyl/N-ethyl adjacent to an activating group) is 1. The van der Waals surface area contributed by atoms with Crippen LogP contribution in [0.25, 0.3) is 12.0 Å². The summed E-state index contributed by atoms with van der Waals surface area (Å²) in [5.41, 5.74) is -0.0918. The molecule has 0 radical (unpaired) electrons. The molecule has 214 valence electrons. The van der Waals surface area contributed by atoms with Gasteiger partial charge in [-0.15, -0.1) is 5.10 Å². The average molecular weight is 562 g/mol. The van der Waals surface area contributed by atoms with Crippen molar-refractivity contribution in [3.05, 3.63) is 63.2 Å². The van der Waals surface area contributed by atoms with E-state index in [1.54, 1.807) is 54.3 Å². The quantitative estimate of drug-likeness (QED) is 0.386. The maximum Gasteiger partial charge on any atom is 0.280 e. The van der Waals surface area contributed by atoms with Crippen molar-refractivity contribution in [3.63, 3.8) is 0 Å². The molecule has 0 bridgehead atoms. The molecule has 41 heavy (non-hydrogen) atoms. The van der Waals surface area contributed by atoms with Gasteiger partial charge in [0.15, 0.2) is 12.0 Å². The van der Waals surface area contributed by atoms with E-state index in [2.05, 4.69) is 26.9 Å². The summed E-state index contributed by atoms with van der Waals surface area (Å²) in [6.07, 6.45) is 9.51. The van der Waals surface area contributed by atoms with Gasteiger partial charge in [-0.25, -0.2) is 0 Å². The summed E-state index contributed by atoms with van der Waals surface area (Å²) in [7, 11) is 4.92. The number of nitrogens with one attached hydrogen (secondary N) is 1. The number of aryl methyl sites for hydroxylation is 1. The van der Waals surface area contributed by atoms with E-state index in [1.165, 1.54) is 29.3 Å². The monoisotopic (exact) mass is 561 g/mol. The lowest BCUT2D eigenvalue weighted by Crippen LogP contribution is -2.43. The summed E-state index contributed by atoms with van der Waals surface area (Å²) < 4.78 is 10.0. The number of hydrogen-bond donors (Lipinski definition) is 2. The van der Waals surface area contributed by atoms with Crippen molar-refractivity contribution in [2.45, 2.75) is 44.8 Å². The normalized spacial score (nSPS) is 19.6. The predicted octanol–water partition coefficient (Wildman–Crippen LogP) is -0.00560. The molecule has 13 nitrogen and oxygen atoms in total. The number of fused-ring (bicyclic) bond motifs is 1. The molecule has 3 heterocycles. The molecule has 1 aliphatic heterocycles. The van der Waals surface area contributed by atoms with Crippen molar-refractivity contribution in [1.29, 1.82) is 0 Å². The van der Waals surface area contributed by atoms with Gasteiger partial charge >= 0.3 is 0 Å². The number of carbonyl (C=O) groups is 2. The Bertz CT molecular complexity index is 1700. The van der Waals surface area contributed by atoms with Crippen LogP contribution in [0.2, 0.25) is 0 Å². The van der Waals surface area contributed by atoms with Gasteiger partial charge in [0.05, 0.1) is 24.1 Å². The second-order valence-electron chi connectivity index (χ2n) is 10.4. The molecule has 0 spiro atoms. The zero-order valence-electron chi connectivity index (χ0n) is 23.4. The fourth-order valence-corrected chi connectivity index (χ4v) is 5.23. The second-order valence-corrected chi connectivity index (χ2v) is 10.4. The number of aromatic nitrogens is 4. The molecule has 2 aliphatic rings. The van der Waals surface area contributed by atoms with E-state index in [0.717, 1.165) is 30.9 Å². The smallest absolute Gasteiger partial charge is 0.280 e. The lowest BCUT2D eigenvalue weighted by atomic mass is 9.86. The third-order valence-corrected chi connectivity index (χ3v) is 7.48. The summed E-state index contributed by atoms with van der Waals surface area (Å²) in [5.74, 6) is 0.188. The highest BCUT2D eigenvalue weighted by Gasteiger charge is 2.29. The van der Waals surface area contributed by atoms with Crippen molar-refractivity contribution in [3.8, 4) is 11.6 Å². The largest absolute Gasteiger partial charge is 0.496 e. The van der Waals surface area contributed by atoms with Crippen molar-refractivity contribution in [2.75, 3.05) is 19.5 Å². The number of ether oxygens (including phenoxy) is 1. The number of aliphatic hydroxyl groups is 1. The summed E-state index contributed by atoms with van der Waals surface area (Å²) in [4.78, 5) is 40.1. The van der Waals surface area contributed by atoms with E-state index in [4.69, 9.17) is 4.74 Å². The van der Waals surface area contributed by atoms with E-state index in [0.29, 0.717) is 16.9 Å². The Morgan fingerprint density at radius 2 is 2.02 bits per heavy atom. The molecule has 5 rings (SSSR count). The average Bonchev–Trinajstić information content (AvgIpc) is 3.57. The van der Waals surface area contributed by atoms with E-state index in [-0.39, 0.29) is 29.1 Å². The third kappa shape index (κ3) is 5.80. The van der Waals surface area contributed by atoms with Crippen LogP contribution in [-0.2, 0) is 11.8 Å². The zero-order chi connectivity index (χ0) is 29.3. The molecule has 2 aromatic heterocycles. The first-order chi connectivity index (χ1) is 19.6. The molecule has 1 atom stereocenters. The Hall–Kier alpha value is -4.65. The number of carbonyl (C=O) groups excluding carboxylic acids is 2. The SMILES string of the molecule is COc1cc2c(cc1C(=O)Nc1cccn(-c3cn(C)nn3)c1=O)=C/[N+](=C/C1CCC(N(C)C(=O)[C@@H](C)O)CC1)N=2. The molecular formula is C28H33N8O5+. The Morgan fingerprint density at radius 3 is 2.68 bits per heavy atom. The van der Waals surface area contributed by atoms with Crippen LogP contribution < -0.4 is 26.2 Å². The molecule has 1 saturated carbocycles. The van der Waals surface area contributed by atoms with Crippen LogP contribution in [0.15, 0.2) is 46.6 Å². The number of benzene rings is 1. The molecule has 2 N–H and O–H groups in total. The number of anilines is 1. The van der Waals surface area contributed by atoms with Crippen LogP contribution in [-0.4, -0.2) is 78.6 Å². The van der Waals surface area contributed by atoms with E-state index < -0.39 is 17.6 Å². The van der Waals surface area contributed by atoms with Crippen LogP contribution in [0.4, 0.5) is 5.69 Å². The summed E-state index contributed by atoms with van der Waals surface area (Å²) >= 11 is 0. The highest BCUT2D eigenvalue weighted by Crippen LogP contribution is 2.26. The van der Waals surface area contributed by atoms with E-state index in [9.17, 15) is 19.5 Å². The number of nitrogens with zero attached hydrogens (tertiary/aromatic N) is 7. The van der Waals surface area contributed by atoms with Gasteiger partial charge in [-0.05, 0) is 50.8 Å². The minimum atomic E-state index is -1.000. The summed E-state index contributed by atoms with van der Waals surface area (Å²) in [6, 6.07) is 6.67. The highest BCUT2D eigenvalue weighted by atomic mass is 16.5. The van der Waals surface area contributed by atoms with Gasteiger partial charge in [0.1, 0.15) is 22.9 Å². The molecule has 3 aromatic rings. The standard InChI is InChI=1S/C28H32N8O5/c1-17(37)27(39)34(3)20-9-7-18(8-10-20)14-35-15-19-12-21(24(41-4)13-23(19)31-35)26(38)29-22-6-5-11-36(28(22)40)25-16-33(2)32-30-25/h5-6,11-18,20,37H,7-10H2,1-4H3/p+1/b35-14-/t17-,18?,20?/m1/s1. The Labute approximate surface area is 235 Å². The maximum absolute atomic E-state index is 13.3. The Balaban J connectivity index is 1.33. The van der Waals surface area contributed by atoms with Crippen molar-refractivity contribution < 1.29 is 24.1 Å². The molecule has 1 aromatic carbocycles. The van der Waals surface area contributed by atoms with Crippen LogP contribution in [0, 0.1) is 5.92 Å². The van der Waals surface area contributed by atoms with E-state index in [1.807, 2.05) is 6.20 Å². The van der Waals surface area contributed by atoms with Crippen molar-refractivity contribution in [1.82, 2.24) is 24.5 Å². The minimum Gasteiger partial charge on any atom is -0.496 e. The van der Waals surface area contributed by atoms with Crippen molar-refractivity contribution >= 4 is 29.9 Å². The van der Waals surface area contributed by atoms with Crippen LogP contribution in [0.5, 0.6) is 5.75 Å². The van der Waals surface area contributed by atoms with Gasteiger partial charge in [-0.1, -0.05) is 9.90 Å². The second kappa shape index (κ2) is 11.5. The number of aliphatic hydroxyl groups excluding tert-OH is 1. The summed E-state index contributed by atoms with van der Waals surface area (Å²) in [5, 5.41) is 26.2. The number of rotatable bonds is 7. The maximum atomic E-state index is 13.3. The van der Waals surface area contributed by atoms with Crippen LogP contribution in [0.1, 0.15) is 43.0 Å². The third-order valence-electron chi connectivity index (χ3n) is 7.48. The fraction of sp³-hybridized carbons (Fsp3) is 0.393. The molecule has 0 saturated heterocycles. The first-order valence-electron chi connectivity index (χ1n) is 13.4. The first-order valence-corrected chi connectivity index (χ1v) is 13.4. The van der Waals surface area contributed by atoms with E-state index >= 15 is 0 Å². The number of hydrogen-bond acceptors (Lipinski definition) is 8. The molecular weight excluding hydrogens is 528 g/mol. The minimum absolute atomic E-state index is 0.0886. The topological polar surface area (TPSA) is 147 Å². The molecule has 1 fully saturated rings. The predicted molar refractivity (Wildman–Crippen MR) is 149 cm³/mol. The lowest BCUT2D eigenvalue weighted by Gasteiger charge is -2.33. The van der Waals surface area contributed by atoms with Gasteiger partial charge in [0.2, 0.25) is 6.20 Å². The molecule has 13 heteroatoms. The Kier molecular flexibility index (Phi) is 7.79. The summed E-state index contributed by atoms with van der Waals surface area (Å²) in [6.45, 7) is 1.49. The van der Waals surface area contributed by atoms with Gasteiger partial charge < -0.3 is 20.1 Å². The van der Waals surface area contributed by atoms with Gasteiger partial charge in [-0.2, -0.15) is 0 Å². The number of amides is 2. The molecule has 2 amide bonds. The van der Waals surface area contributed by atoms with Crippen molar-refractivity contribution in [2.24, 2.45) is 18.1 Å². The molecule has 1 aliphatic carbocycles. The van der Waals surface area contributed by atoms with Gasteiger partial charge in [-0.3, -0.25) is 23.6 Å². The Morgan fingerprint density at radius 1 is 1.27 bits per heavy atom. The van der Waals surface area contributed by atoms with Crippen LogP contribution >= 0.6 is 0 Å².